The maximum atomic E-state index is 9.17. The summed E-state index contributed by atoms with van der Waals surface area (Å²) in [5.74, 6) is 1.28. The first-order valence-electron chi connectivity index (χ1n) is 6.69. The molecule has 2 atom stereocenters. The minimum absolute atomic E-state index is 0.0420. The van der Waals surface area contributed by atoms with Crippen LogP contribution in [0.2, 0.25) is 0 Å². The van der Waals surface area contributed by atoms with Gasteiger partial charge in [-0.25, -0.2) is 0 Å². The van der Waals surface area contributed by atoms with Crippen molar-refractivity contribution < 1.29 is 14.3 Å². The maximum Gasteiger partial charge on any atom is 0.230 e. The number of nitrogens with zero attached hydrogens (tertiary/aromatic N) is 3. The van der Waals surface area contributed by atoms with E-state index >= 15 is 0 Å². The zero-order chi connectivity index (χ0) is 14.0. The molecule has 2 heterocycles. The molecular weight excluding hydrogens is 246 g/mol. The number of hydrogen-bond acceptors (Lipinski definition) is 6. The van der Waals surface area contributed by atoms with Gasteiger partial charge in [0.05, 0.1) is 25.9 Å². The molecule has 1 fully saturated rings. The van der Waals surface area contributed by atoms with Crippen LogP contribution >= 0.6 is 0 Å². The van der Waals surface area contributed by atoms with Gasteiger partial charge in [-0.05, 0) is 6.92 Å². The SMILES string of the molecule is CC1COC(CO)CN1Cc1nnc(C(C)(C)C)o1. The van der Waals surface area contributed by atoms with Crippen molar-refractivity contribution in [2.24, 2.45) is 0 Å². The van der Waals surface area contributed by atoms with Gasteiger partial charge in [-0.2, -0.15) is 0 Å². The highest BCUT2D eigenvalue weighted by Crippen LogP contribution is 2.21. The van der Waals surface area contributed by atoms with E-state index in [1.807, 2.05) is 20.8 Å². The Hall–Kier alpha value is -0.980. The van der Waals surface area contributed by atoms with Crippen LogP contribution in [0.5, 0.6) is 0 Å². The molecule has 19 heavy (non-hydrogen) atoms. The molecular formula is C13H23N3O3. The summed E-state index contributed by atoms with van der Waals surface area (Å²) in [7, 11) is 0. The van der Waals surface area contributed by atoms with Gasteiger partial charge in [0.15, 0.2) is 0 Å². The third-order valence-electron chi connectivity index (χ3n) is 3.29. The quantitative estimate of drug-likeness (QED) is 0.881. The predicted octanol–water partition coefficient (Wildman–Crippen LogP) is 0.949. The van der Waals surface area contributed by atoms with E-state index in [9.17, 15) is 0 Å². The molecule has 0 aromatic carbocycles. The Balaban J connectivity index is 2.01. The van der Waals surface area contributed by atoms with Gasteiger partial charge in [-0.3, -0.25) is 4.90 Å². The largest absolute Gasteiger partial charge is 0.423 e. The van der Waals surface area contributed by atoms with Crippen LogP contribution in [0.1, 0.15) is 39.5 Å². The fraction of sp³-hybridized carbons (Fsp3) is 0.846. The van der Waals surface area contributed by atoms with Gasteiger partial charge in [0, 0.05) is 18.0 Å². The number of aliphatic hydroxyl groups is 1. The molecule has 1 aromatic rings. The van der Waals surface area contributed by atoms with Crippen LogP contribution in [0.25, 0.3) is 0 Å². The third kappa shape index (κ3) is 3.52. The molecule has 1 aromatic heterocycles. The standard InChI is InChI=1S/C13H23N3O3/c1-9-8-18-10(7-17)5-16(9)6-11-14-15-12(19-11)13(2,3)4/h9-10,17H,5-8H2,1-4H3. The van der Waals surface area contributed by atoms with Crippen molar-refractivity contribution in [3.63, 3.8) is 0 Å². The predicted molar refractivity (Wildman–Crippen MR) is 69.7 cm³/mol. The second-order valence-electron chi connectivity index (χ2n) is 6.17. The Kier molecular flexibility index (Phi) is 4.23. The summed E-state index contributed by atoms with van der Waals surface area (Å²) < 4.78 is 11.2. The Morgan fingerprint density at radius 1 is 1.37 bits per heavy atom. The average molecular weight is 269 g/mol. The van der Waals surface area contributed by atoms with Gasteiger partial charge in [0.2, 0.25) is 11.8 Å². The summed E-state index contributed by atoms with van der Waals surface area (Å²) in [5.41, 5.74) is -0.129. The van der Waals surface area contributed by atoms with E-state index in [4.69, 9.17) is 14.3 Å². The van der Waals surface area contributed by atoms with Crippen molar-refractivity contribution in [1.82, 2.24) is 15.1 Å². The molecule has 0 radical (unpaired) electrons. The molecule has 1 N–H and O–H groups in total. The van der Waals surface area contributed by atoms with Crippen LogP contribution in [0.3, 0.4) is 0 Å². The second-order valence-corrected chi connectivity index (χ2v) is 6.17. The van der Waals surface area contributed by atoms with Crippen LogP contribution < -0.4 is 0 Å². The van der Waals surface area contributed by atoms with Crippen molar-refractivity contribution in [2.45, 2.75) is 51.8 Å². The molecule has 0 spiro atoms. The van der Waals surface area contributed by atoms with E-state index in [0.29, 0.717) is 31.5 Å². The van der Waals surface area contributed by atoms with Gasteiger partial charge in [-0.15, -0.1) is 10.2 Å². The van der Waals surface area contributed by atoms with Crippen molar-refractivity contribution in [3.8, 4) is 0 Å². The molecule has 108 valence electrons. The molecule has 6 heteroatoms. The van der Waals surface area contributed by atoms with Gasteiger partial charge in [-0.1, -0.05) is 20.8 Å². The summed E-state index contributed by atoms with van der Waals surface area (Å²) in [6.07, 6.45) is -0.124. The van der Waals surface area contributed by atoms with E-state index in [1.165, 1.54) is 0 Å². The Morgan fingerprint density at radius 3 is 2.68 bits per heavy atom. The van der Waals surface area contributed by atoms with Crippen molar-refractivity contribution in [2.75, 3.05) is 19.8 Å². The zero-order valence-electron chi connectivity index (χ0n) is 12.1. The maximum absolute atomic E-state index is 9.17. The summed E-state index contributed by atoms with van der Waals surface area (Å²) in [6.45, 7) is 10.2. The minimum Gasteiger partial charge on any atom is -0.423 e. The summed E-state index contributed by atoms with van der Waals surface area (Å²) >= 11 is 0. The monoisotopic (exact) mass is 269 g/mol. The minimum atomic E-state index is -0.129. The number of ether oxygens (including phenoxy) is 1. The summed E-state index contributed by atoms with van der Waals surface area (Å²) in [5, 5.41) is 17.4. The topological polar surface area (TPSA) is 71.6 Å². The fourth-order valence-corrected chi connectivity index (χ4v) is 2.00. The number of aromatic nitrogens is 2. The second kappa shape index (κ2) is 5.56. The Morgan fingerprint density at radius 2 is 2.11 bits per heavy atom. The molecule has 1 saturated heterocycles. The molecule has 0 aliphatic carbocycles. The van der Waals surface area contributed by atoms with E-state index in [-0.39, 0.29) is 24.2 Å². The first-order chi connectivity index (χ1) is 8.90. The lowest BCUT2D eigenvalue weighted by atomic mass is 9.97. The third-order valence-corrected chi connectivity index (χ3v) is 3.29. The average Bonchev–Trinajstić information content (AvgIpc) is 2.80. The first kappa shape index (κ1) is 14.4. The zero-order valence-corrected chi connectivity index (χ0v) is 12.1. The highest BCUT2D eigenvalue weighted by molar-refractivity contribution is 4.96. The van der Waals surface area contributed by atoms with E-state index < -0.39 is 0 Å². The Labute approximate surface area is 113 Å². The van der Waals surface area contributed by atoms with Crippen LogP contribution in [0.15, 0.2) is 4.42 Å². The highest BCUT2D eigenvalue weighted by atomic mass is 16.5. The summed E-state index contributed by atoms with van der Waals surface area (Å²) in [4.78, 5) is 2.20. The summed E-state index contributed by atoms with van der Waals surface area (Å²) in [6, 6.07) is 0.285. The van der Waals surface area contributed by atoms with Gasteiger partial charge < -0.3 is 14.3 Å². The lowest BCUT2D eigenvalue weighted by Crippen LogP contribution is -2.48. The molecule has 6 nitrogen and oxygen atoms in total. The molecule has 2 rings (SSSR count). The van der Waals surface area contributed by atoms with Crippen LogP contribution in [-0.2, 0) is 16.7 Å². The van der Waals surface area contributed by atoms with Crippen molar-refractivity contribution >= 4 is 0 Å². The number of hydrogen-bond donors (Lipinski definition) is 1. The Bertz CT molecular complexity index is 414. The molecule has 0 amide bonds. The smallest absolute Gasteiger partial charge is 0.230 e. The van der Waals surface area contributed by atoms with Gasteiger partial charge in [0.1, 0.15) is 0 Å². The van der Waals surface area contributed by atoms with E-state index in [1.54, 1.807) is 0 Å². The lowest BCUT2D eigenvalue weighted by molar-refractivity contribution is -0.0825. The highest BCUT2D eigenvalue weighted by Gasteiger charge is 2.28. The first-order valence-corrected chi connectivity index (χ1v) is 6.69. The van der Waals surface area contributed by atoms with E-state index in [2.05, 4.69) is 22.0 Å². The normalized spacial score (nSPS) is 25.7. The van der Waals surface area contributed by atoms with Crippen LogP contribution in [0, 0.1) is 0 Å². The molecule has 2 unspecified atom stereocenters. The number of rotatable bonds is 3. The van der Waals surface area contributed by atoms with Crippen molar-refractivity contribution in [1.29, 1.82) is 0 Å². The van der Waals surface area contributed by atoms with Crippen molar-refractivity contribution in [3.05, 3.63) is 11.8 Å². The molecule has 0 bridgehead atoms. The number of morpholine rings is 1. The van der Waals surface area contributed by atoms with E-state index in [0.717, 1.165) is 0 Å². The fourth-order valence-electron chi connectivity index (χ4n) is 2.00. The van der Waals surface area contributed by atoms with Crippen LogP contribution in [0.4, 0.5) is 0 Å². The van der Waals surface area contributed by atoms with Gasteiger partial charge >= 0.3 is 0 Å². The van der Waals surface area contributed by atoms with Crippen LogP contribution in [-0.4, -0.2) is 52.1 Å². The number of aliphatic hydroxyl groups excluding tert-OH is 1. The molecule has 1 aliphatic rings. The molecule has 0 saturated carbocycles. The lowest BCUT2D eigenvalue weighted by Gasteiger charge is -2.36. The van der Waals surface area contributed by atoms with Gasteiger partial charge in [0.25, 0.3) is 0 Å². The molecule has 1 aliphatic heterocycles.